The van der Waals surface area contributed by atoms with Gasteiger partial charge >= 0.3 is 0 Å². The van der Waals surface area contributed by atoms with Crippen molar-refractivity contribution in [1.82, 2.24) is 4.90 Å². The molecule has 1 aromatic carbocycles. The summed E-state index contributed by atoms with van der Waals surface area (Å²) < 4.78 is 0. The molecule has 14 heavy (non-hydrogen) atoms. The number of aryl methyl sites for hydroxylation is 1. The van der Waals surface area contributed by atoms with Crippen LogP contribution in [0.3, 0.4) is 0 Å². The van der Waals surface area contributed by atoms with Crippen LogP contribution < -0.4 is 0 Å². The first kappa shape index (κ1) is 10.6. The second kappa shape index (κ2) is 6.04. The van der Waals surface area contributed by atoms with E-state index in [0.29, 0.717) is 0 Å². The predicted octanol–water partition coefficient (Wildman–Crippen LogP) is 2.58. The number of nitrogens with zero attached hydrogens (tertiary/aromatic N) is 2. The maximum Gasteiger partial charge on any atom is 0.179 e. The van der Waals surface area contributed by atoms with Crippen molar-refractivity contribution in [1.29, 1.82) is 5.26 Å². The number of unbranched alkanes of at least 4 members (excludes halogenated alkanes) is 1. The largest absolute Gasteiger partial charge is 0.309 e. The van der Waals surface area contributed by atoms with E-state index in [0.717, 1.165) is 19.3 Å². The maximum absolute atomic E-state index is 8.50. The summed E-state index contributed by atoms with van der Waals surface area (Å²) in [5.41, 5.74) is 1.36. The Morgan fingerprint density at radius 1 is 1.36 bits per heavy atom. The quantitative estimate of drug-likeness (QED) is 0.402. The van der Waals surface area contributed by atoms with E-state index in [1.165, 1.54) is 5.56 Å². The Labute approximate surface area is 85.8 Å². The number of hydrogen-bond acceptors (Lipinski definition) is 2. The molecule has 0 spiro atoms. The highest BCUT2D eigenvalue weighted by atomic mass is 15.1. The van der Waals surface area contributed by atoms with Crippen LogP contribution in [-0.2, 0) is 6.42 Å². The van der Waals surface area contributed by atoms with Gasteiger partial charge in [-0.1, -0.05) is 30.3 Å². The van der Waals surface area contributed by atoms with E-state index in [9.17, 15) is 0 Å². The average Bonchev–Trinajstić information content (AvgIpc) is 2.25. The first-order valence-corrected chi connectivity index (χ1v) is 4.83. The Morgan fingerprint density at radius 2 is 2.07 bits per heavy atom. The minimum absolute atomic E-state index is 0.957. The summed E-state index contributed by atoms with van der Waals surface area (Å²) in [5.74, 6) is 0. The standard InChI is InChI=1S/C12H15N2/c1-14(11-13)10-6-5-9-12-7-3-2-4-8-12/h2-4,7-8,10H,5-6,9H2,1H3. The number of benzene rings is 1. The lowest BCUT2D eigenvalue weighted by atomic mass is 10.1. The Balaban J connectivity index is 2.14. The van der Waals surface area contributed by atoms with E-state index >= 15 is 0 Å². The summed E-state index contributed by atoms with van der Waals surface area (Å²) >= 11 is 0. The molecular weight excluding hydrogens is 172 g/mol. The summed E-state index contributed by atoms with van der Waals surface area (Å²) in [7, 11) is 1.77. The van der Waals surface area contributed by atoms with Gasteiger partial charge in [-0.15, -0.1) is 0 Å². The molecule has 0 aliphatic heterocycles. The molecule has 0 amide bonds. The summed E-state index contributed by atoms with van der Waals surface area (Å²) in [6.45, 7) is 1.92. The fourth-order valence-electron chi connectivity index (χ4n) is 1.28. The van der Waals surface area contributed by atoms with E-state index < -0.39 is 0 Å². The van der Waals surface area contributed by atoms with Crippen LogP contribution in [0.5, 0.6) is 0 Å². The molecule has 1 radical (unpaired) electrons. The van der Waals surface area contributed by atoms with Gasteiger partial charge in [0.25, 0.3) is 0 Å². The van der Waals surface area contributed by atoms with Crippen LogP contribution in [0, 0.1) is 18.0 Å². The van der Waals surface area contributed by atoms with Gasteiger partial charge in [0.05, 0.1) is 6.54 Å². The molecule has 2 nitrogen and oxygen atoms in total. The molecule has 0 saturated heterocycles. The molecule has 2 heteroatoms. The minimum Gasteiger partial charge on any atom is -0.309 e. The molecule has 1 rings (SSSR count). The zero-order valence-corrected chi connectivity index (χ0v) is 8.48. The third-order valence-corrected chi connectivity index (χ3v) is 2.07. The predicted molar refractivity (Wildman–Crippen MR) is 57.1 cm³/mol. The van der Waals surface area contributed by atoms with E-state index in [1.807, 2.05) is 18.8 Å². The second-order valence-corrected chi connectivity index (χ2v) is 3.27. The Morgan fingerprint density at radius 3 is 2.71 bits per heavy atom. The lowest BCUT2D eigenvalue weighted by Crippen LogP contribution is -2.06. The fraction of sp³-hybridized carbons (Fsp3) is 0.333. The molecule has 0 fully saturated rings. The van der Waals surface area contributed by atoms with Gasteiger partial charge in [0.15, 0.2) is 6.19 Å². The molecule has 0 N–H and O–H groups in total. The van der Waals surface area contributed by atoms with Crippen molar-refractivity contribution in [3.05, 3.63) is 42.4 Å². The van der Waals surface area contributed by atoms with Gasteiger partial charge in [-0.3, -0.25) is 0 Å². The minimum atomic E-state index is 0.957. The van der Waals surface area contributed by atoms with Crippen molar-refractivity contribution in [2.45, 2.75) is 19.3 Å². The molecular formula is C12H15N2. The molecule has 73 valence electrons. The molecule has 1 aromatic rings. The molecule has 0 atom stereocenters. The van der Waals surface area contributed by atoms with Crippen molar-refractivity contribution >= 4 is 0 Å². The van der Waals surface area contributed by atoms with Crippen LogP contribution in [0.1, 0.15) is 18.4 Å². The summed E-state index contributed by atoms with van der Waals surface area (Å²) in [6.07, 6.45) is 5.17. The van der Waals surface area contributed by atoms with Crippen LogP contribution in [0.15, 0.2) is 30.3 Å². The van der Waals surface area contributed by atoms with Gasteiger partial charge in [-0.2, -0.15) is 5.26 Å². The van der Waals surface area contributed by atoms with Gasteiger partial charge in [-0.25, -0.2) is 0 Å². The molecule has 0 unspecified atom stereocenters. The van der Waals surface area contributed by atoms with Crippen molar-refractivity contribution in [3.63, 3.8) is 0 Å². The van der Waals surface area contributed by atoms with Crippen LogP contribution >= 0.6 is 0 Å². The SMILES string of the molecule is CN(C#N)[CH]CCCc1ccccc1. The average molecular weight is 187 g/mol. The molecule has 0 aliphatic rings. The van der Waals surface area contributed by atoms with Crippen molar-refractivity contribution in [2.75, 3.05) is 7.05 Å². The highest BCUT2D eigenvalue weighted by Crippen LogP contribution is 2.06. The van der Waals surface area contributed by atoms with Gasteiger partial charge in [0, 0.05) is 7.05 Å². The summed E-state index contributed by atoms with van der Waals surface area (Å²) in [6, 6.07) is 10.4. The Bertz CT molecular complexity index is 287. The molecule has 0 aromatic heterocycles. The Hall–Kier alpha value is -1.49. The number of nitriles is 1. The normalized spacial score (nSPS) is 9.43. The molecule has 0 bridgehead atoms. The summed E-state index contributed by atoms with van der Waals surface area (Å²) in [4.78, 5) is 1.55. The first-order valence-electron chi connectivity index (χ1n) is 4.83. The molecule has 0 saturated carbocycles. The van der Waals surface area contributed by atoms with Crippen LogP contribution in [0.4, 0.5) is 0 Å². The number of hydrogen-bond donors (Lipinski definition) is 0. The summed E-state index contributed by atoms with van der Waals surface area (Å²) in [5, 5.41) is 8.50. The molecule has 0 aliphatic carbocycles. The van der Waals surface area contributed by atoms with E-state index in [-0.39, 0.29) is 0 Å². The van der Waals surface area contributed by atoms with Crippen molar-refractivity contribution in [2.24, 2.45) is 0 Å². The lowest BCUT2D eigenvalue weighted by molar-refractivity contribution is 0.534. The van der Waals surface area contributed by atoms with E-state index in [1.54, 1.807) is 11.9 Å². The van der Waals surface area contributed by atoms with Gasteiger partial charge in [-0.05, 0) is 24.8 Å². The third-order valence-electron chi connectivity index (χ3n) is 2.07. The fourth-order valence-corrected chi connectivity index (χ4v) is 1.28. The van der Waals surface area contributed by atoms with Crippen LogP contribution in [0.25, 0.3) is 0 Å². The third kappa shape index (κ3) is 3.95. The van der Waals surface area contributed by atoms with E-state index in [2.05, 4.69) is 24.3 Å². The van der Waals surface area contributed by atoms with Crippen LogP contribution in [0.2, 0.25) is 0 Å². The smallest absolute Gasteiger partial charge is 0.179 e. The zero-order chi connectivity index (χ0) is 10.2. The van der Waals surface area contributed by atoms with Crippen molar-refractivity contribution in [3.8, 4) is 6.19 Å². The number of rotatable bonds is 5. The molecule has 0 heterocycles. The van der Waals surface area contributed by atoms with Gasteiger partial charge < -0.3 is 4.90 Å². The topological polar surface area (TPSA) is 27.0 Å². The monoisotopic (exact) mass is 187 g/mol. The van der Waals surface area contributed by atoms with E-state index in [4.69, 9.17) is 5.26 Å². The van der Waals surface area contributed by atoms with Crippen LogP contribution in [-0.4, -0.2) is 11.9 Å². The highest BCUT2D eigenvalue weighted by molar-refractivity contribution is 5.14. The maximum atomic E-state index is 8.50. The van der Waals surface area contributed by atoms with Gasteiger partial charge in [0.2, 0.25) is 0 Å². The Kier molecular flexibility index (Phi) is 4.57. The highest BCUT2D eigenvalue weighted by Gasteiger charge is 1.95. The van der Waals surface area contributed by atoms with Gasteiger partial charge in [0.1, 0.15) is 0 Å². The first-order chi connectivity index (χ1) is 6.83. The second-order valence-electron chi connectivity index (χ2n) is 3.27. The van der Waals surface area contributed by atoms with Crippen molar-refractivity contribution < 1.29 is 0 Å². The zero-order valence-electron chi connectivity index (χ0n) is 8.48. The lowest BCUT2D eigenvalue weighted by Gasteiger charge is -2.06.